The summed E-state index contributed by atoms with van der Waals surface area (Å²) >= 11 is 0. The fourth-order valence-electron chi connectivity index (χ4n) is 0.556. The van der Waals surface area contributed by atoms with Gasteiger partial charge in [-0.3, -0.25) is 0 Å². The maximum absolute atomic E-state index is 10.5. The van der Waals surface area contributed by atoms with Crippen LogP contribution >= 0.6 is 0 Å². The summed E-state index contributed by atoms with van der Waals surface area (Å²) in [7, 11) is -3.03. The maximum Gasteiger partial charge on any atom is 0.209 e. The fourth-order valence-corrected chi connectivity index (χ4v) is 1.67. The van der Waals surface area contributed by atoms with Crippen molar-refractivity contribution in [2.24, 2.45) is 0 Å². The van der Waals surface area contributed by atoms with Crippen molar-refractivity contribution in [3.8, 4) is 0 Å². The molecule has 0 bridgehead atoms. The van der Waals surface area contributed by atoms with Crippen molar-refractivity contribution in [1.82, 2.24) is 4.72 Å². The van der Waals surface area contributed by atoms with Gasteiger partial charge in [-0.1, -0.05) is 0 Å². The molecule has 0 aliphatic carbocycles. The molecule has 0 saturated heterocycles. The summed E-state index contributed by atoms with van der Waals surface area (Å²) in [5, 5.41) is 0. The van der Waals surface area contributed by atoms with Crippen molar-refractivity contribution in [2.75, 3.05) is 6.26 Å². The van der Waals surface area contributed by atoms with Crippen LogP contribution in [0.1, 0.15) is 22.2 Å². The molecular formula is C5H15NO2S. The average molecular weight is 153 g/mol. The van der Waals surface area contributed by atoms with Crippen molar-refractivity contribution in [3.63, 3.8) is 0 Å². The van der Waals surface area contributed by atoms with Crippen LogP contribution in [0.3, 0.4) is 0 Å². The standard InChI is InChI=1S/C5H13NO2S.H2/c1-5(2,3)6-9(4,7)8;/h6H,1-4H3;1H. The van der Waals surface area contributed by atoms with Crippen LogP contribution in [0.5, 0.6) is 0 Å². The Balaban J connectivity index is 0. The van der Waals surface area contributed by atoms with Gasteiger partial charge in [-0.2, -0.15) is 0 Å². The lowest BCUT2D eigenvalue weighted by molar-refractivity contribution is 0.495. The molecule has 0 aromatic rings. The number of rotatable bonds is 1. The molecule has 0 rings (SSSR count). The molecule has 0 aromatic carbocycles. The van der Waals surface area contributed by atoms with E-state index in [9.17, 15) is 8.42 Å². The number of hydrogen-bond donors (Lipinski definition) is 1. The minimum atomic E-state index is -3.03. The first kappa shape index (κ1) is 8.91. The number of hydrogen-bond acceptors (Lipinski definition) is 2. The Bertz CT molecular complexity index is 180. The first-order valence-corrected chi connectivity index (χ1v) is 4.59. The van der Waals surface area contributed by atoms with Gasteiger partial charge in [0.2, 0.25) is 10.0 Å². The number of sulfonamides is 1. The van der Waals surface area contributed by atoms with Crippen LogP contribution in [0.25, 0.3) is 0 Å². The van der Waals surface area contributed by atoms with Crippen LogP contribution in [-0.4, -0.2) is 20.2 Å². The fraction of sp³-hybridized carbons (Fsp3) is 1.00. The van der Waals surface area contributed by atoms with E-state index >= 15 is 0 Å². The van der Waals surface area contributed by atoms with E-state index in [0.717, 1.165) is 6.26 Å². The summed E-state index contributed by atoms with van der Waals surface area (Å²) in [5.41, 5.74) is -0.354. The van der Waals surface area contributed by atoms with Crippen LogP contribution in [0, 0.1) is 0 Å². The maximum atomic E-state index is 10.5. The third-order valence-electron chi connectivity index (χ3n) is 0.492. The van der Waals surface area contributed by atoms with Crippen molar-refractivity contribution in [2.45, 2.75) is 26.3 Å². The molecule has 0 spiro atoms. The molecule has 4 heteroatoms. The molecule has 0 heterocycles. The molecule has 0 radical (unpaired) electrons. The summed E-state index contributed by atoms with van der Waals surface area (Å²) in [6, 6.07) is 0. The molecule has 0 fully saturated rings. The van der Waals surface area contributed by atoms with E-state index < -0.39 is 10.0 Å². The summed E-state index contributed by atoms with van der Waals surface area (Å²) in [5.74, 6) is 0. The van der Waals surface area contributed by atoms with Crippen LogP contribution in [0.4, 0.5) is 0 Å². The van der Waals surface area contributed by atoms with E-state index in [1.165, 1.54) is 0 Å². The Morgan fingerprint density at radius 3 is 1.67 bits per heavy atom. The second-order valence-corrected chi connectivity index (χ2v) is 4.87. The average Bonchev–Trinajstić information content (AvgIpc) is 1.14. The molecule has 1 N–H and O–H groups in total. The van der Waals surface area contributed by atoms with Crippen molar-refractivity contribution in [3.05, 3.63) is 0 Å². The number of nitrogens with one attached hydrogen (secondary N) is 1. The Hall–Kier alpha value is -0.0900. The molecular weight excluding hydrogens is 138 g/mol. The van der Waals surface area contributed by atoms with Gasteiger partial charge in [0.25, 0.3) is 0 Å². The highest BCUT2D eigenvalue weighted by molar-refractivity contribution is 7.88. The van der Waals surface area contributed by atoms with E-state index in [-0.39, 0.29) is 6.97 Å². The van der Waals surface area contributed by atoms with E-state index in [2.05, 4.69) is 4.72 Å². The van der Waals surface area contributed by atoms with Crippen molar-refractivity contribution >= 4 is 10.0 Å². The lowest BCUT2D eigenvalue weighted by Gasteiger charge is -2.17. The zero-order valence-corrected chi connectivity index (χ0v) is 7.04. The van der Waals surface area contributed by atoms with Gasteiger partial charge in [0.15, 0.2) is 0 Å². The predicted molar refractivity (Wildman–Crippen MR) is 39.8 cm³/mol. The summed E-state index contributed by atoms with van der Waals surface area (Å²) in [6.07, 6.45) is 1.15. The molecule has 0 aliphatic rings. The highest BCUT2D eigenvalue weighted by Crippen LogP contribution is 1.99. The zero-order valence-electron chi connectivity index (χ0n) is 6.22. The summed E-state index contributed by atoms with van der Waals surface area (Å²) in [6.45, 7) is 5.40. The highest BCUT2D eigenvalue weighted by Gasteiger charge is 2.14. The molecule has 3 nitrogen and oxygen atoms in total. The molecule has 0 atom stereocenters. The minimum Gasteiger partial charge on any atom is -0.213 e. The lowest BCUT2D eigenvalue weighted by atomic mass is 10.1. The molecule has 0 saturated carbocycles. The van der Waals surface area contributed by atoms with E-state index in [0.29, 0.717) is 0 Å². The van der Waals surface area contributed by atoms with E-state index in [4.69, 9.17) is 0 Å². The first-order valence-electron chi connectivity index (χ1n) is 2.70. The largest absolute Gasteiger partial charge is 0.213 e. The SMILES string of the molecule is CC(C)(C)NS(C)(=O)=O.[HH]. The van der Waals surface area contributed by atoms with Gasteiger partial charge in [0, 0.05) is 6.97 Å². The van der Waals surface area contributed by atoms with Crippen molar-refractivity contribution < 1.29 is 9.84 Å². The van der Waals surface area contributed by atoms with Crippen LogP contribution in [0.15, 0.2) is 0 Å². The first-order chi connectivity index (χ1) is 3.71. The van der Waals surface area contributed by atoms with Crippen LogP contribution < -0.4 is 4.72 Å². The quantitative estimate of drug-likeness (QED) is 0.599. The third kappa shape index (κ3) is 7.91. The Morgan fingerprint density at radius 2 is 1.67 bits per heavy atom. The van der Waals surface area contributed by atoms with Gasteiger partial charge in [-0.05, 0) is 20.8 Å². The molecule has 58 valence electrons. The Kier molecular flexibility index (Phi) is 2.24. The van der Waals surface area contributed by atoms with Gasteiger partial charge < -0.3 is 0 Å². The monoisotopic (exact) mass is 153 g/mol. The van der Waals surface area contributed by atoms with Crippen LogP contribution in [-0.2, 0) is 10.0 Å². The molecule has 0 unspecified atom stereocenters. The van der Waals surface area contributed by atoms with Crippen molar-refractivity contribution in [1.29, 1.82) is 0 Å². The van der Waals surface area contributed by atoms with Crippen LogP contribution in [0.2, 0.25) is 0 Å². The van der Waals surface area contributed by atoms with Gasteiger partial charge in [0.05, 0.1) is 6.26 Å². The summed E-state index contributed by atoms with van der Waals surface area (Å²) < 4.78 is 23.5. The van der Waals surface area contributed by atoms with Gasteiger partial charge in [-0.25, -0.2) is 13.1 Å². The van der Waals surface area contributed by atoms with E-state index in [1.54, 1.807) is 20.8 Å². The summed E-state index contributed by atoms with van der Waals surface area (Å²) in [4.78, 5) is 0. The van der Waals surface area contributed by atoms with Gasteiger partial charge in [0.1, 0.15) is 0 Å². The predicted octanol–water partition coefficient (Wildman–Crippen LogP) is 0.580. The lowest BCUT2D eigenvalue weighted by Crippen LogP contribution is -2.39. The molecule has 0 aromatic heterocycles. The van der Waals surface area contributed by atoms with E-state index in [1.807, 2.05) is 0 Å². The van der Waals surface area contributed by atoms with Gasteiger partial charge in [-0.15, -0.1) is 0 Å². The molecule has 9 heavy (non-hydrogen) atoms. The normalized spacial score (nSPS) is 13.8. The molecule has 0 amide bonds. The minimum absolute atomic E-state index is 0. The second-order valence-electron chi connectivity index (χ2n) is 3.12. The highest BCUT2D eigenvalue weighted by atomic mass is 32.2. The Morgan fingerprint density at radius 1 is 1.33 bits per heavy atom. The zero-order chi connectivity index (χ0) is 7.71. The third-order valence-corrected chi connectivity index (χ3v) is 1.47. The second kappa shape index (κ2) is 2.27. The smallest absolute Gasteiger partial charge is 0.209 e. The molecule has 0 aliphatic heterocycles. The van der Waals surface area contributed by atoms with Gasteiger partial charge >= 0.3 is 0 Å². The Labute approximate surface area is 58.0 Å². The topological polar surface area (TPSA) is 46.2 Å².